The second-order valence-corrected chi connectivity index (χ2v) is 1.05. The topological polar surface area (TPSA) is 53.2 Å². The lowest BCUT2D eigenvalue weighted by Gasteiger charge is -1.63. The lowest BCUT2D eigenvalue weighted by Crippen LogP contribution is -1.49. The molecule has 0 atom stereocenters. The first kappa shape index (κ1) is 7.35. The third-order valence-corrected chi connectivity index (χ3v) is 0.495. The smallest absolute Gasteiger partial charge is 0.211 e. The van der Waals surface area contributed by atoms with Crippen LogP contribution >= 0.6 is 0 Å². The Bertz CT molecular complexity index is 204. The molecule has 0 unspecified atom stereocenters. The molecule has 0 aromatic rings. The maximum Gasteiger partial charge on any atom is 0.239 e. The number of hydrogen-bond acceptors (Lipinski definition) is 3. The van der Waals surface area contributed by atoms with Gasteiger partial charge in [-0.25, -0.2) is 4.79 Å². The van der Waals surface area contributed by atoms with Crippen LogP contribution in [0.3, 0.4) is 0 Å². The van der Waals surface area contributed by atoms with Gasteiger partial charge in [-0.3, -0.25) is 0 Å². The van der Waals surface area contributed by atoms with Crippen LogP contribution in [-0.2, 0) is 4.79 Å². The van der Waals surface area contributed by atoms with Gasteiger partial charge in [0.1, 0.15) is 0 Å². The van der Waals surface area contributed by atoms with Crippen molar-refractivity contribution in [2.24, 2.45) is 4.99 Å². The fourth-order valence-electron chi connectivity index (χ4n) is 0.222. The van der Waals surface area contributed by atoms with Crippen molar-refractivity contribution < 1.29 is 4.79 Å². The molecule has 3 heteroatoms. The molecule has 0 aromatic heterocycles. The van der Waals surface area contributed by atoms with E-state index in [2.05, 4.69) is 4.99 Å². The van der Waals surface area contributed by atoms with Gasteiger partial charge in [0, 0.05) is 12.3 Å². The van der Waals surface area contributed by atoms with Gasteiger partial charge in [0.2, 0.25) is 6.08 Å². The number of carbonyl (C=O) groups excluding carboxylic acids is 1. The average molecular weight is 120 g/mol. The number of hydrogen-bond donors (Lipinski definition) is 0. The molecule has 0 fully saturated rings. The third kappa shape index (κ3) is 6.35. The molecule has 0 radical (unpaired) electrons. The monoisotopic (exact) mass is 120 g/mol. The van der Waals surface area contributed by atoms with Crippen LogP contribution in [0.4, 0.5) is 0 Å². The van der Waals surface area contributed by atoms with Crippen LogP contribution in [0.2, 0.25) is 0 Å². The van der Waals surface area contributed by atoms with Crippen LogP contribution in [0.15, 0.2) is 29.4 Å². The molecule has 44 valence electrons. The fourth-order valence-corrected chi connectivity index (χ4v) is 0.222. The van der Waals surface area contributed by atoms with E-state index in [1.807, 2.05) is 0 Å². The molecule has 0 aliphatic carbocycles. The van der Waals surface area contributed by atoms with Crippen molar-refractivity contribution >= 4 is 6.08 Å². The van der Waals surface area contributed by atoms with Crippen molar-refractivity contribution in [2.45, 2.75) is 0 Å². The van der Waals surface area contributed by atoms with Crippen molar-refractivity contribution in [3.05, 3.63) is 24.4 Å². The summed E-state index contributed by atoms with van der Waals surface area (Å²) in [6.45, 7) is 0. The number of rotatable bonds is 2. The molecule has 0 aromatic carbocycles. The van der Waals surface area contributed by atoms with E-state index in [-0.39, 0.29) is 0 Å². The van der Waals surface area contributed by atoms with Gasteiger partial charge in [0.15, 0.2) is 0 Å². The Hall–Kier alpha value is -1.65. The SMILES string of the molecule is N#CC=CC=CN=C=O. The highest BCUT2D eigenvalue weighted by Gasteiger charge is 1.59. The Morgan fingerprint density at radius 1 is 1.44 bits per heavy atom. The summed E-state index contributed by atoms with van der Waals surface area (Å²) in [5, 5.41) is 7.94. The molecule has 0 aliphatic rings. The van der Waals surface area contributed by atoms with Crippen LogP contribution in [0.5, 0.6) is 0 Å². The van der Waals surface area contributed by atoms with E-state index in [1.54, 1.807) is 6.07 Å². The van der Waals surface area contributed by atoms with Gasteiger partial charge in [-0.2, -0.15) is 10.3 Å². The lowest BCUT2D eigenvalue weighted by molar-refractivity contribution is 0.565. The molecular formula is C6H4N2O. The second kappa shape index (κ2) is 6.35. The zero-order valence-corrected chi connectivity index (χ0v) is 4.61. The maximum absolute atomic E-state index is 9.41. The molecule has 9 heavy (non-hydrogen) atoms. The number of allylic oxidation sites excluding steroid dienone is 3. The summed E-state index contributed by atoms with van der Waals surface area (Å²) in [5.74, 6) is 0. The van der Waals surface area contributed by atoms with Crippen LogP contribution in [-0.4, -0.2) is 6.08 Å². The summed E-state index contributed by atoms with van der Waals surface area (Å²) >= 11 is 0. The summed E-state index contributed by atoms with van der Waals surface area (Å²) in [6, 6.07) is 1.77. The van der Waals surface area contributed by atoms with Crippen LogP contribution in [0.1, 0.15) is 0 Å². The number of isocyanates is 1. The van der Waals surface area contributed by atoms with Crippen LogP contribution in [0.25, 0.3) is 0 Å². The molecule has 0 spiro atoms. The lowest BCUT2D eigenvalue weighted by atomic mass is 10.5. The summed E-state index contributed by atoms with van der Waals surface area (Å²) in [4.78, 5) is 12.5. The van der Waals surface area contributed by atoms with Gasteiger partial charge in [0.25, 0.3) is 0 Å². The van der Waals surface area contributed by atoms with E-state index in [0.29, 0.717) is 0 Å². The molecule has 0 amide bonds. The van der Waals surface area contributed by atoms with Crippen molar-refractivity contribution in [1.29, 1.82) is 5.26 Å². The molecule has 0 rings (SSSR count). The molecule has 0 saturated carbocycles. The quantitative estimate of drug-likeness (QED) is 0.235. The second-order valence-electron chi connectivity index (χ2n) is 1.05. The van der Waals surface area contributed by atoms with Crippen molar-refractivity contribution in [3.63, 3.8) is 0 Å². The van der Waals surface area contributed by atoms with E-state index in [0.717, 1.165) is 0 Å². The van der Waals surface area contributed by atoms with Gasteiger partial charge < -0.3 is 0 Å². The maximum atomic E-state index is 9.41. The van der Waals surface area contributed by atoms with Crippen molar-refractivity contribution in [3.8, 4) is 6.07 Å². The summed E-state index contributed by atoms with van der Waals surface area (Å²) in [6.07, 6.45) is 6.78. The Kier molecular flexibility index (Phi) is 5.19. The van der Waals surface area contributed by atoms with Crippen molar-refractivity contribution in [1.82, 2.24) is 0 Å². The first-order valence-electron chi connectivity index (χ1n) is 2.20. The van der Waals surface area contributed by atoms with Gasteiger partial charge in [-0.15, -0.1) is 0 Å². The summed E-state index contributed by atoms with van der Waals surface area (Å²) < 4.78 is 0. The van der Waals surface area contributed by atoms with E-state index in [4.69, 9.17) is 5.26 Å². The minimum Gasteiger partial charge on any atom is -0.211 e. The highest BCUT2D eigenvalue weighted by molar-refractivity contribution is 5.34. The standard InChI is InChI=1S/C6H4N2O/c7-4-2-1-3-5-8-6-9/h1-3,5H. The predicted molar refractivity (Wildman–Crippen MR) is 32.0 cm³/mol. The van der Waals surface area contributed by atoms with Gasteiger partial charge in [-0.05, 0) is 6.08 Å². The Balaban J connectivity index is 3.63. The van der Waals surface area contributed by atoms with Gasteiger partial charge >= 0.3 is 0 Å². The third-order valence-electron chi connectivity index (χ3n) is 0.495. The molecule has 0 saturated heterocycles. The molecular weight excluding hydrogens is 116 g/mol. The Labute approximate surface area is 52.6 Å². The minimum absolute atomic E-state index is 1.25. The fraction of sp³-hybridized carbons (Fsp3) is 0. The Morgan fingerprint density at radius 2 is 2.22 bits per heavy atom. The molecule has 0 bridgehead atoms. The normalized spacial score (nSPS) is 9.22. The first-order chi connectivity index (χ1) is 4.41. The zero-order valence-electron chi connectivity index (χ0n) is 4.61. The number of nitriles is 1. The predicted octanol–water partition coefficient (Wildman–Crippen LogP) is 0.916. The van der Waals surface area contributed by atoms with E-state index in [1.165, 1.54) is 30.5 Å². The minimum atomic E-state index is 1.25. The molecule has 3 nitrogen and oxygen atoms in total. The molecule has 0 heterocycles. The molecule has 0 N–H and O–H groups in total. The zero-order chi connectivity index (χ0) is 6.95. The Morgan fingerprint density at radius 3 is 2.78 bits per heavy atom. The van der Waals surface area contributed by atoms with Crippen molar-refractivity contribution in [2.75, 3.05) is 0 Å². The van der Waals surface area contributed by atoms with Gasteiger partial charge in [0.05, 0.1) is 6.07 Å². The van der Waals surface area contributed by atoms with Crippen LogP contribution in [0, 0.1) is 11.3 Å². The number of aliphatic imine (C=N–C) groups is 1. The van der Waals surface area contributed by atoms with Crippen LogP contribution < -0.4 is 0 Å². The highest BCUT2D eigenvalue weighted by Crippen LogP contribution is 1.74. The molecule has 0 aliphatic heterocycles. The van der Waals surface area contributed by atoms with E-state index < -0.39 is 0 Å². The van der Waals surface area contributed by atoms with Gasteiger partial charge in [-0.1, -0.05) is 6.08 Å². The summed E-state index contributed by atoms with van der Waals surface area (Å²) in [7, 11) is 0. The first-order valence-corrected chi connectivity index (χ1v) is 2.20. The largest absolute Gasteiger partial charge is 0.239 e. The average Bonchev–Trinajstić information content (AvgIpc) is 1.89. The summed E-state index contributed by atoms with van der Waals surface area (Å²) in [5.41, 5.74) is 0. The van der Waals surface area contributed by atoms with E-state index >= 15 is 0 Å². The van der Waals surface area contributed by atoms with E-state index in [9.17, 15) is 4.79 Å². The highest BCUT2D eigenvalue weighted by atomic mass is 16.1. The number of nitrogens with zero attached hydrogens (tertiary/aromatic N) is 2.